The Morgan fingerprint density at radius 2 is 2.00 bits per heavy atom. The molecule has 0 aromatic heterocycles. The van der Waals surface area contributed by atoms with Crippen molar-refractivity contribution in [2.75, 3.05) is 7.11 Å². The number of aryl methyl sites for hydroxylation is 1. The maximum Gasteiger partial charge on any atom is 0.187 e. The van der Waals surface area contributed by atoms with Gasteiger partial charge in [0.15, 0.2) is 17.2 Å². The molecule has 0 radical (unpaired) electrons. The summed E-state index contributed by atoms with van der Waals surface area (Å²) in [6.07, 6.45) is 0. The fourth-order valence-electron chi connectivity index (χ4n) is 2.06. The van der Waals surface area contributed by atoms with E-state index in [2.05, 4.69) is 5.16 Å². The van der Waals surface area contributed by atoms with Crippen LogP contribution in [-0.4, -0.2) is 18.0 Å². The standard InChI is InChI=1S/C17H16N2O3/c1-12-7-8-16(17(9-12)21-2)22-11-13-5-3-4-6-14(13)15(10-18)19-20/h3-9,20H,11H2,1-2H3. The third-order valence-corrected chi connectivity index (χ3v) is 3.18. The van der Waals surface area contributed by atoms with Gasteiger partial charge in [-0.3, -0.25) is 0 Å². The molecule has 0 fully saturated rings. The van der Waals surface area contributed by atoms with Gasteiger partial charge in [0.05, 0.1) is 7.11 Å². The van der Waals surface area contributed by atoms with Crippen LogP contribution in [0.15, 0.2) is 47.6 Å². The van der Waals surface area contributed by atoms with Gasteiger partial charge >= 0.3 is 0 Å². The van der Waals surface area contributed by atoms with Gasteiger partial charge in [0.2, 0.25) is 0 Å². The number of nitrogens with zero attached hydrogens (tertiary/aromatic N) is 2. The van der Waals surface area contributed by atoms with Crippen LogP contribution >= 0.6 is 0 Å². The van der Waals surface area contributed by atoms with E-state index in [-0.39, 0.29) is 12.3 Å². The van der Waals surface area contributed by atoms with Crippen molar-refractivity contribution in [3.8, 4) is 17.6 Å². The Morgan fingerprint density at radius 3 is 2.68 bits per heavy atom. The molecule has 0 atom stereocenters. The molecular weight excluding hydrogens is 280 g/mol. The zero-order chi connectivity index (χ0) is 15.9. The highest BCUT2D eigenvalue weighted by Crippen LogP contribution is 2.28. The van der Waals surface area contributed by atoms with Gasteiger partial charge in [-0.15, -0.1) is 0 Å². The predicted molar refractivity (Wildman–Crippen MR) is 82.4 cm³/mol. The second kappa shape index (κ2) is 7.14. The van der Waals surface area contributed by atoms with Crippen LogP contribution in [0.4, 0.5) is 0 Å². The van der Waals surface area contributed by atoms with E-state index in [1.54, 1.807) is 19.2 Å². The molecule has 112 valence electrons. The van der Waals surface area contributed by atoms with E-state index in [0.717, 1.165) is 11.1 Å². The summed E-state index contributed by atoms with van der Waals surface area (Å²) < 4.78 is 11.1. The Balaban J connectivity index is 2.25. The third kappa shape index (κ3) is 3.36. The lowest BCUT2D eigenvalue weighted by Gasteiger charge is -2.13. The molecule has 0 saturated carbocycles. The Kier molecular flexibility index (Phi) is 4.99. The number of ether oxygens (including phenoxy) is 2. The molecule has 0 aliphatic carbocycles. The van der Waals surface area contributed by atoms with Crippen LogP contribution in [-0.2, 0) is 6.61 Å². The summed E-state index contributed by atoms with van der Waals surface area (Å²) >= 11 is 0. The van der Waals surface area contributed by atoms with E-state index >= 15 is 0 Å². The summed E-state index contributed by atoms with van der Waals surface area (Å²) in [6.45, 7) is 2.20. The molecule has 22 heavy (non-hydrogen) atoms. The first kappa shape index (κ1) is 15.4. The number of methoxy groups -OCH3 is 1. The molecule has 0 amide bonds. The topological polar surface area (TPSA) is 74.8 Å². The second-order valence-corrected chi connectivity index (χ2v) is 4.66. The first-order valence-corrected chi connectivity index (χ1v) is 6.67. The van der Waals surface area contributed by atoms with Crippen LogP contribution in [0.3, 0.4) is 0 Å². The first-order valence-electron chi connectivity index (χ1n) is 6.67. The van der Waals surface area contributed by atoms with Crippen molar-refractivity contribution < 1.29 is 14.7 Å². The molecule has 2 aromatic carbocycles. The van der Waals surface area contributed by atoms with Crippen molar-refractivity contribution in [1.82, 2.24) is 0 Å². The van der Waals surface area contributed by atoms with Gasteiger partial charge in [-0.05, 0) is 30.2 Å². The summed E-state index contributed by atoms with van der Waals surface area (Å²) in [5.41, 5.74) is 2.32. The predicted octanol–water partition coefficient (Wildman–Crippen LogP) is 3.28. The molecule has 5 heteroatoms. The highest BCUT2D eigenvalue weighted by atomic mass is 16.5. The van der Waals surface area contributed by atoms with Crippen molar-refractivity contribution >= 4 is 5.71 Å². The Morgan fingerprint density at radius 1 is 1.23 bits per heavy atom. The molecule has 2 rings (SSSR count). The van der Waals surface area contributed by atoms with E-state index < -0.39 is 0 Å². The molecule has 1 N–H and O–H groups in total. The summed E-state index contributed by atoms with van der Waals surface area (Å²) in [4.78, 5) is 0. The maximum atomic E-state index is 9.00. The first-order chi connectivity index (χ1) is 10.7. The van der Waals surface area contributed by atoms with Gasteiger partial charge in [-0.1, -0.05) is 35.5 Å². The number of rotatable bonds is 5. The van der Waals surface area contributed by atoms with Crippen molar-refractivity contribution in [1.29, 1.82) is 5.26 Å². The van der Waals surface area contributed by atoms with Crippen LogP contribution < -0.4 is 9.47 Å². The highest BCUT2D eigenvalue weighted by molar-refractivity contribution is 6.12. The van der Waals surface area contributed by atoms with Gasteiger partial charge in [-0.2, -0.15) is 5.26 Å². The van der Waals surface area contributed by atoms with E-state index in [1.807, 2.05) is 43.3 Å². The zero-order valence-electron chi connectivity index (χ0n) is 12.4. The summed E-state index contributed by atoms with van der Waals surface area (Å²) in [5.74, 6) is 1.26. The third-order valence-electron chi connectivity index (χ3n) is 3.18. The molecule has 0 spiro atoms. The lowest BCUT2D eigenvalue weighted by Crippen LogP contribution is -2.06. The largest absolute Gasteiger partial charge is 0.493 e. The van der Waals surface area contributed by atoms with Crippen LogP contribution in [0.25, 0.3) is 0 Å². The summed E-state index contributed by atoms with van der Waals surface area (Å²) in [5, 5.41) is 20.9. The Labute approximate surface area is 129 Å². The lowest BCUT2D eigenvalue weighted by molar-refractivity contribution is 0.284. The van der Waals surface area contributed by atoms with E-state index in [9.17, 15) is 0 Å². The molecule has 2 aromatic rings. The molecule has 0 unspecified atom stereocenters. The van der Waals surface area contributed by atoms with Gasteiger partial charge in [-0.25, -0.2) is 0 Å². The molecule has 5 nitrogen and oxygen atoms in total. The van der Waals surface area contributed by atoms with Crippen LogP contribution in [0.2, 0.25) is 0 Å². The molecule has 0 bridgehead atoms. The smallest absolute Gasteiger partial charge is 0.187 e. The van der Waals surface area contributed by atoms with Gasteiger partial charge in [0.1, 0.15) is 12.7 Å². The highest BCUT2D eigenvalue weighted by Gasteiger charge is 2.11. The van der Waals surface area contributed by atoms with Gasteiger partial charge in [0, 0.05) is 5.56 Å². The Bertz CT molecular complexity index is 733. The van der Waals surface area contributed by atoms with Crippen LogP contribution in [0.5, 0.6) is 11.5 Å². The number of benzene rings is 2. The second-order valence-electron chi connectivity index (χ2n) is 4.66. The quantitative estimate of drug-likeness (QED) is 0.522. The minimum Gasteiger partial charge on any atom is -0.493 e. The fourth-order valence-corrected chi connectivity index (χ4v) is 2.06. The number of nitriles is 1. The summed E-state index contributed by atoms with van der Waals surface area (Å²) in [6, 6.07) is 14.6. The van der Waals surface area contributed by atoms with Crippen LogP contribution in [0.1, 0.15) is 16.7 Å². The molecule has 0 heterocycles. The van der Waals surface area contributed by atoms with Crippen molar-refractivity contribution in [3.63, 3.8) is 0 Å². The zero-order valence-corrected chi connectivity index (χ0v) is 12.4. The molecule has 0 aliphatic rings. The Hall–Kier alpha value is -3.00. The molecule has 0 aliphatic heterocycles. The van der Waals surface area contributed by atoms with Crippen molar-refractivity contribution in [2.24, 2.45) is 5.16 Å². The lowest BCUT2D eigenvalue weighted by atomic mass is 10.0. The SMILES string of the molecule is COc1cc(C)ccc1OCc1ccccc1C(C#N)=NO. The minimum atomic E-state index is -0.0462. The maximum absolute atomic E-state index is 9.00. The van der Waals surface area contributed by atoms with E-state index in [1.165, 1.54) is 0 Å². The minimum absolute atomic E-state index is 0.0462. The number of hydrogen-bond acceptors (Lipinski definition) is 5. The summed E-state index contributed by atoms with van der Waals surface area (Å²) in [7, 11) is 1.59. The monoisotopic (exact) mass is 296 g/mol. The molecular formula is C17H16N2O3. The average Bonchev–Trinajstić information content (AvgIpc) is 2.55. The average molecular weight is 296 g/mol. The van der Waals surface area contributed by atoms with E-state index in [4.69, 9.17) is 19.9 Å². The molecule has 0 saturated heterocycles. The van der Waals surface area contributed by atoms with E-state index in [0.29, 0.717) is 17.1 Å². The fraction of sp³-hybridized carbons (Fsp3) is 0.176. The van der Waals surface area contributed by atoms with Crippen LogP contribution in [0, 0.1) is 18.3 Å². The van der Waals surface area contributed by atoms with Crippen molar-refractivity contribution in [2.45, 2.75) is 13.5 Å². The van der Waals surface area contributed by atoms with Crippen molar-refractivity contribution in [3.05, 3.63) is 59.2 Å². The normalized spacial score (nSPS) is 10.9. The van der Waals surface area contributed by atoms with Gasteiger partial charge in [0.25, 0.3) is 0 Å². The van der Waals surface area contributed by atoms with Gasteiger partial charge < -0.3 is 14.7 Å². The number of oxime groups is 1. The number of hydrogen-bond donors (Lipinski definition) is 1.